The first-order chi connectivity index (χ1) is 10.6. The molecule has 0 saturated heterocycles. The molecule has 1 nitrogen and oxygen atoms in total. The van der Waals surface area contributed by atoms with E-state index in [4.69, 9.17) is 4.79 Å². The van der Waals surface area contributed by atoms with Gasteiger partial charge >= 0.3 is 0 Å². The third kappa shape index (κ3) is 16.9. The van der Waals surface area contributed by atoms with E-state index < -0.39 is 0 Å². The van der Waals surface area contributed by atoms with Crippen molar-refractivity contribution in [2.24, 2.45) is 0 Å². The van der Waals surface area contributed by atoms with Gasteiger partial charge in [-0.25, -0.2) is 0 Å². The third-order valence-corrected chi connectivity index (χ3v) is 3.43. The fraction of sp³-hybridized carbons (Fsp3) is 0.667. The van der Waals surface area contributed by atoms with Gasteiger partial charge < -0.3 is 4.79 Å². The Morgan fingerprint density at radius 3 is 2.23 bits per heavy atom. The van der Waals surface area contributed by atoms with E-state index in [0.717, 1.165) is 6.29 Å². The highest BCUT2D eigenvalue weighted by atomic mass is 16.1. The first-order valence-corrected chi connectivity index (χ1v) is 8.96. The van der Waals surface area contributed by atoms with Crippen LogP contribution in [0.2, 0.25) is 0 Å². The van der Waals surface area contributed by atoms with E-state index in [2.05, 4.69) is 39.0 Å². The smallest absolute Gasteiger partial charge is 0.116 e. The van der Waals surface area contributed by atoms with Gasteiger partial charge in [-0.1, -0.05) is 48.8 Å². The van der Waals surface area contributed by atoms with E-state index in [1.165, 1.54) is 63.9 Å². The molecule has 0 unspecified atom stereocenters. The van der Waals surface area contributed by atoms with Crippen molar-refractivity contribution in [2.75, 3.05) is 0 Å². The van der Waals surface area contributed by atoms with Crippen molar-refractivity contribution in [3.05, 3.63) is 34.9 Å². The summed E-state index contributed by atoms with van der Waals surface area (Å²) in [5.74, 6) is 0. The maximum atomic E-state index is 8.81. The molecule has 1 aliphatic carbocycles. The average molecular weight is 307 g/mol. The molecule has 0 spiro atoms. The second-order valence-corrected chi connectivity index (χ2v) is 5.75. The van der Waals surface area contributed by atoms with Gasteiger partial charge in [0.2, 0.25) is 0 Å². The van der Waals surface area contributed by atoms with Gasteiger partial charge in [-0.15, -0.1) is 0 Å². The predicted molar refractivity (Wildman–Crippen MR) is 101 cm³/mol. The van der Waals surface area contributed by atoms with Gasteiger partial charge in [0, 0.05) is 0 Å². The average Bonchev–Trinajstić information content (AvgIpc) is 2.51. The molecule has 0 aromatic carbocycles. The van der Waals surface area contributed by atoms with Crippen molar-refractivity contribution >= 4 is 6.29 Å². The van der Waals surface area contributed by atoms with Gasteiger partial charge in [-0.05, 0) is 79.1 Å². The topological polar surface area (TPSA) is 17.1 Å². The van der Waals surface area contributed by atoms with Crippen molar-refractivity contribution in [1.82, 2.24) is 0 Å². The lowest BCUT2D eigenvalue weighted by atomic mass is 9.95. The second-order valence-electron chi connectivity index (χ2n) is 5.75. The van der Waals surface area contributed by atoms with E-state index >= 15 is 0 Å². The molecule has 128 valence electrons. The summed E-state index contributed by atoms with van der Waals surface area (Å²) in [6.45, 7) is 12.1. The molecule has 22 heavy (non-hydrogen) atoms. The van der Waals surface area contributed by atoms with E-state index in [-0.39, 0.29) is 0 Å². The van der Waals surface area contributed by atoms with E-state index in [1.807, 2.05) is 13.8 Å². The van der Waals surface area contributed by atoms with Crippen molar-refractivity contribution in [3.63, 3.8) is 0 Å². The molecule has 0 aliphatic heterocycles. The SMILES string of the molecule is CC.CC(C)=CCC/C(C)=C/CCC1=CCCCC1.CC=O. The van der Waals surface area contributed by atoms with E-state index in [0.29, 0.717) is 0 Å². The Morgan fingerprint density at radius 2 is 1.73 bits per heavy atom. The van der Waals surface area contributed by atoms with Gasteiger partial charge in [-0.2, -0.15) is 0 Å². The summed E-state index contributed by atoms with van der Waals surface area (Å²) >= 11 is 0. The van der Waals surface area contributed by atoms with Crippen LogP contribution in [-0.4, -0.2) is 6.29 Å². The van der Waals surface area contributed by atoms with Crippen molar-refractivity contribution in [3.8, 4) is 0 Å². The first kappa shape index (κ1) is 23.2. The highest BCUT2D eigenvalue weighted by Gasteiger charge is 2.02. The lowest BCUT2D eigenvalue weighted by Gasteiger charge is -2.11. The van der Waals surface area contributed by atoms with Crippen LogP contribution in [-0.2, 0) is 4.79 Å². The Balaban J connectivity index is 0. The molecule has 0 radical (unpaired) electrons. The molecule has 0 heterocycles. The fourth-order valence-corrected chi connectivity index (χ4v) is 2.33. The van der Waals surface area contributed by atoms with Gasteiger partial charge in [0.25, 0.3) is 0 Å². The zero-order valence-corrected chi connectivity index (χ0v) is 15.9. The minimum Gasteiger partial charge on any atom is -0.304 e. The lowest BCUT2D eigenvalue weighted by molar-refractivity contribution is -0.106. The minimum absolute atomic E-state index is 0.750. The third-order valence-electron chi connectivity index (χ3n) is 3.43. The Labute approximate surface area is 139 Å². The molecule has 0 fully saturated rings. The highest BCUT2D eigenvalue weighted by molar-refractivity contribution is 5.44. The standard InChI is InChI=1S/C17H28.C2H4O.C2H6/c1-15(2)9-7-10-16(3)11-8-14-17-12-5-4-6-13-17;1-2-3;1-2/h9,11-12H,4-8,10,13-14H2,1-3H3;2H,1H3;1-2H3/b16-11+;;. The largest absolute Gasteiger partial charge is 0.304 e. The monoisotopic (exact) mass is 306 g/mol. The van der Waals surface area contributed by atoms with E-state index in [1.54, 1.807) is 11.1 Å². The number of allylic oxidation sites excluding steroid dienone is 6. The lowest BCUT2D eigenvalue weighted by Crippen LogP contribution is -1.91. The molecule has 0 atom stereocenters. The summed E-state index contributed by atoms with van der Waals surface area (Å²) in [5, 5.41) is 0. The zero-order chi connectivity index (χ0) is 17.2. The Hall–Kier alpha value is -1.11. The molecular formula is C21H38O. The van der Waals surface area contributed by atoms with Crippen LogP contribution in [0.3, 0.4) is 0 Å². The van der Waals surface area contributed by atoms with E-state index in [9.17, 15) is 0 Å². The number of aldehydes is 1. The molecule has 0 bridgehead atoms. The number of hydrogen-bond donors (Lipinski definition) is 0. The number of hydrogen-bond acceptors (Lipinski definition) is 1. The Bertz CT molecular complexity index is 341. The quantitative estimate of drug-likeness (QED) is 0.375. The van der Waals surface area contributed by atoms with Gasteiger partial charge in [-0.3, -0.25) is 0 Å². The predicted octanol–water partition coefficient (Wildman–Crippen LogP) is 7.19. The van der Waals surface area contributed by atoms with Gasteiger partial charge in [0.1, 0.15) is 6.29 Å². The summed E-state index contributed by atoms with van der Waals surface area (Å²) in [4.78, 5) is 8.81. The molecule has 1 heteroatoms. The maximum Gasteiger partial charge on any atom is 0.116 e. The van der Waals surface area contributed by atoms with Crippen molar-refractivity contribution in [2.45, 2.75) is 92.9 Å². The fourth-order valence-electron chi connectivity index (χ4n) is 2.33. The minimum atomic E-state index is 0.750. The summed E-state index contributed by atoms with van der Waals surface area (Å²) in [5.41, 5.74) is 4.69. The second kappa shape index (κ2) is 17.9. The van der Waals surface area contributed by atoms with Crippen molar-refractivity contribution < 1.29 is 4.79 Å². The molecule has 0 aromatic heterocycles. The highest BCUT2D eigenvalue weighted by Crippen LogP contribution is 2.21. The van der Waals surface area contributed by atoms with Crippen LogP contribution >= 0.6 is 0 Å². The number of rotatable bonds is 6. The van der Waals surface area contributed by atoms with Crippen LogP contribution in [0.5, 0.6) is 0 Å². The molecule has 1 rings (SSSR count). The molecule has 0 aromatic rings. The molecule has 1 aliphatic rings. The zero-order valence-electron chi connectivity index (χ0n) is 15.9. The number of carbonyl (C=O) groups is 1. The summed E-state index contributed by atoms with van der Waals surface area (Å²) in [7, 11) is 0. The first-order valence-electron chi connectivity index (χ1n) is 8.96. The molecular weight excluding hydrogens is 268 g/mol. The normalized spacial score (nSPS) is 13.7. The maximum absolute atomic E-state index is 8.81. The Morgan fingerprint density at radius 1 is 1.09 bits per heavy atom. The molecule has 0 saturated carbocycles. The summed E-state index contributed by atoms with van der Waals surface area (Å²) < 4.78 is 0. The summed E-state index contributed by atoms with van der Waals surface area (Å²) in [6.07, 6.45) is 18.4. The number of carbonyl (C=O) groups excluding carboxylic acids is 1. The van der Waals surface area contributed by atoms with Gasteiger partial charge in [0.05, 0.1) is 0 Å². The molecule has 0 amide bonds. The Kier molecular flexibility index (Phi) is 18.9. The van der Waals surface area contributed by atoms with Crippen LogP contribution in [0, 0.1) is 0 Å². The van der Waals surface area contributed by atoms with Crippen LogP contribution in [0.25, 0.3) is 0 Å². The van der Waals surface area contributed by atoms with Crippen LogP contribution < -0.4 is 0 Å². The summed E-state index contributed by atoms with van der Waals surface area (Å²) in [6, 6.07) is 0. The molecule has 0 N–H and O–H groups in total. The van der Waals surface area contributed by atoms with Crippen molar-refractivity contribution in [1.29, 1.82) is 0 Å². The van der Waals surface area contributed by atoms with Gasteiger partial charge in [0.15, 0.2) is 0 Å². The van der Waals surface area contributed by atoms with Crippen LogP contribution in [0.15, 0.2) is 34.9 Å². The van der Waals surface area contributed by atoms with Crippen LogP contribution in [0.4, 0.5) is 0 Å². The van der Waals surface area contributed by atoms with Crippen LogP contribution in [0.1, 0.15) is 92.9 Å².